The Morgan fingerprint density at radius 2 is 0.807 bits per heavy atom. The average molecular weight is 727 g/mol. The summed E-state index contributed by atoms with van der Waals surface area (Å²) in [4.78, 5) is 0. The Bertz CT molecular complexity index is 3420. The molecular formula is C55H38N2. The normalized spacial score (nSPS) is 13.2. The molecule has 11 aromatic rings. The van der Waals surface area contributed by atoms with E-state index in [0.717, 1.165) is 5.69 Å². The van der Waals surface area contributed by atoms with Crippen LogP contribution < -0.4 is 0 Å². The Balaban J connectivity index is 0.970. The SMILES string of the molecule is CC1(C)c2ccccc2-c2ccc(-n3c4ccccc4c4cc(-c5ccc6c(c5)c5ccccc5n6-c5ccc(-c6cccc7ccccc67)cc5)ccc43)cc21. The molecule has 9 aromatic carbocycles. The van der Waals surface area contributed by atoms with Crippen LogP contribution in [0.3, 0.4) is 0 Å². The number of para-hydroxylation sites is 2. The fourth-order valence-corrected chi connectivity index (χ4v) is 9.96. The summed E-state index contributed by atoms with van der Waals surface area (Å²) in [6, 6.07) is 71.9. The molecule has 0 spiro atoms. The van der Waals surface area contributed by atoms with E-state index in [0.29, 0.717) is 0 Å². The Morgan fingerprint density at radius 1 is 0.316 bits per heavy atom. The summed E-state index contributed by atoms with van der Waals surface area (Å²) in [5.41, 5.74) is 17.6. The third-order valence-electron chi connectivity index (χ3n) is 12.7. The third-order valence-corrected chi connectivity index (χ3v) is 12.7. The molecule has 0 saturated heterocycles. The lowest BCUT2D eigenvalue weighted by Gasteiger charge is -2.22. The molecule has 57 heavy (non-hydrogen) atoms. The van der Waals surface area contributed by atoms with Gasteiger partial charge >= 0.3 is 0 Å². The summed E-state index contributed by atoms with van der Waals surface area (Å²) in [5, 5.41) is 7.58. The summed E-state index contributed by atoms with van der Waals surface area (Å²) in [6.07, 6.45) is 0. The van der Waals surface area contributed by atoms with Crippen LogP contribution in [0.15, 0.2) is 194 Å². The maximum Gasteiger partial charge on any atom is 0.0541 e. The van der Waals surface area contributed by atoms with Gasteiger partial charge in [-0.15, -0.1) is 0 Å². The Labute approximate surface area is 331 Å². The van der Waals surface area contributed by atoms with E-state index in [9.17, 15) is 0 Å². The monoisotopic (exact) mass is 726 g/mol. The molecule has 2 nitrogen and oxygen atoms in total. The average Bonchev–Trinajstić information content (AvgIpc) is 3.86. The molecule has 1 aliphatic rings. The van der Waals surface area contributed by atoms with Crippen LogP contribution in [-0.2, 0) is 5.41 Å². The summed E-state index contributed by atoms with van der Waals surface area (Å²) >= 11 is 0. The Kier molecular flexibility index (Phi) is 6.72. The molecule has 2 heteroatoms. The van der Waals surface area contributed by atoms with Crippen molar-refractivity contribution in [1.82, 2.24) is 9.13 Å². The van der Waals surface area contributed by atoms with Gasteiger partial charge in [0.15, 0.2) is 0 Å². The molecule has 12 rings (SSSR count). The van der Waals surface area contributed by atoms with Gasteiger partial charge in [-0.3, -0.25) is 0 Å². The maximum absolute atomic E-state index is 2.45. The third kappa shape index (κ3) is 4.65. The number of aromatic nitrogens is 2. The van der Waals surface area contributed by atoms with Gasteiger partial charge in [-0.1, -0.05) is 147 Å². The number of benzene rings is 9. The standard InChI is InChI=1S/C55H38N2/c1-55(2)49-19-8-5-15-43(49)44-29-28-40(34-50(44)55)57-52-21-10-7-17-46(52)48-33-38(25-31-54(48)57)37-24-30-53-47(32-37)45-16-6-9-20-51(45)56(53)39-26-22-36(23-27-39)42-18-11-13-35-12-3-4-14-41(35)42/h3-34H,1-2H3. The van der Waals surface area contributed by atoms with Crippen LogP contribution in [-0.4, -0.2) is 9.13 Å². The van der Waals surface area contributed by atoms with Crippen LogP contribution in [0.4, 0.5) is 0 Å². The van der Waals surface area contributed by atoms with Gasteiger partial charge in [0.25, 0.3) is 0 Å². The molecule has 2 heterocycles. The van der Waals surface area contributed by atoms with Gasteiger partial charge in [-0.25, -0.2) is 0 Å². The predicted octanol–water partition coefficient (Wildman–Crippen LogP) is 14.7. The summed E-state index contributed by atoms with van der Waals surface area (Å²) < 4.78 is 4.87. The first-order valence-electron chi connectivity index (χ1n) is 19.9. The van der Waals surface area contributed by atoms with Gasteiger partial charge in [-0.05, 0) is 116 Å². The van der Waals surface area contributed by atoms with Gasteiger partial charge in [0.05, 0.1) is 22.1 Å². The van der Waals surface area contributed by atoms with Crippen LogP contribution in [0.25, 0.3) is 99.1 Å². The smallest absolute Gasteiger partial charge is 0.0541 e. The number of nitrogens with zero attached hydrogens (tertiary/aromatic N) is 2. The first-order chi connectivity index (χ1) is 28.0. The molecule has 2 aromatic heterocycles. The molecule has 0 bridgehead atoms. The highest BCUT2D eigenvalue weighted by molar-refractivity contribution is 6.13. The van der Waals surface area contributed by atoms with Crippen molar-refractivity contribution in [1.29, 1.82) is 0 Å². The van der Waals surface area contributed by atoms with E-state index in [1.54, 1.807) is 0 Å². The zero-order chi connectivity index (χ0) is 37.8. The van der Waals surface area contributed by atoms with Crippen molar-refractivity contribution in [3.63, 3.8) is 0 Å². The molecule has 0 N–H and O–H groups in total. The zero-order valence-electron chi connectivity index (χ0n) is 31.9. The minimum Gasteiger partial charge on any atom is -0.309 e. The number of fused-ring (bicyclic) bond motifs is 10. The topological polar surface area (TPSA) is 9.86 Å². The van der Waals surface area contributed by atoms with Crippen molar-refractivity contribution in [2.45, 2.75) is 19.3 Å². The molecule has 1 aliphatic carbocycles. The second-order valence-electron chi connectivity index (χ2n) is 16.1. The van der Waals surface area contributed by atoms with Crippen LogP contribution >= 0.6 is 0 Å². The highest BCUT2D eigenvalue weighted by Crippen LogP contribution is 2.49. The van der Waals surface area contributed by atoms with Crippen molar-refractivity contribution in [2.75, 3.05) is 0 Å². The lowest BCUT2D eigenvalue weighted by atomic mass is 9.82. The summed E-state index contributed by atoms with van der Waals surface area (Å²) in [6.45, 7) is 4.72. The van der Waals surface area contributed by atoms with E-state index in [1.807, 2.05) is 0 Å². The van der Waals surface area contributed by atoms with E-state index >= 15 is 0 Å². The number of hydrogen-bond donors (Lipinski definition) is 0. The second kappa shape index (κ2) is 11.9. The fourth-order valence-electron chi connectivity index (χ4n) is 9.96. The van der Waals surface area contributed by atoms with Crippen molar-refractivity contribution in [3.05, 3.63) is 205 Å². The lowest BCUT2D eigenvalue weighted by Crippen LogP contribution is -2.15. The highest BCUT2D eigenvalue weighted by Gasteiger charge is 2.35. The molecule has 0 unspecified atom stereocenters. The highest BCUT2D eigenvalue weighted by atomic mass is 15.0. The van der Waals surface area contributed by atoms with E-state index < -0.39 is 0 Å². The molecule has 0 fully saturated rings. The van der Waals surface area contributed by atoms with Crippen molar-refractivity contribution in [3.8, 4) is 44.8 Å². The lowest BCUT2D eigenvalue weighted by molar-refractivity contribution is 0.660. The maximum atomic E-state index is 2.45. The zero-order valence-corrected chi connectivity index (χ0v) is 31.9. The molecular weight excluding hydrogens is 689 g/mol. The first kappa shape index (κ1) is 32.1. The van der Waals surface area contributed by atoms with Gasteiger partial charge < -0.3 is 9.13 Å². The van der Waals surface area contributed by atoms with Crippen LogP contribution in [0.1, 0.15) is 25.0 Å². The van der Waals surface area contributed by atoms with E-state index in [2.05, 4.69) is 217 Å². The van der Waals surface area contributed by atoms with Crippen LogP contribution in [0.5, 0.6) is 0 Å². The molecule has 0 radical (unpaired) electrons. The Hall–Kier alpha value is -7.16. The number of rotatable bonds is 4. The molecule has 0 amide bonds. The Morgan fingerprint density at radius 3 is 1.51 bits per heavy atom. The van der Waals surface area contributed by atoms with Gasteiger partial charge in [0, 0.05) is 38.3 Å². The molecule has 0 saturated carbocycles. The summed E-state index contributed by atoms with van der Waals surface area (Å²) in [5.74, 6) is 0. The van der Waals surface area contributed by atoms with Crippen molar-refractivity contribution >= 4 is 54.4 Å². The molecule has 0 aliphatic heterocycles. The molecule has 268 valence electrons. The van der Waals surface area contributed by atoms with E-state index in [4.69, 9.17) is 0 Å². The van der Waals surface area contributed by atoms with Crippen LogP contribution in [0, 0.1) is 0 Å². The quantitative estimate of drug-likeness (QED) is 0.171. The molecule has 0 atom stereocenters. The predicted molar refractivity (Wildman–Crippen MR) is 241 cm³/mol. The first-order valence-corrected chi connectivity index (χ1v) is 19.9. The van der Waals surface area contributed by atoms with E-state index in [1.165, 1.54) is 105 Å². The van der Waals surface area contributed by atoms with Gasteiger partial charge in [0.2, 0.25) is 0 Å². The number of hydrogen-bond acceptors (Lipinski definition) is 0. The minimum absolute atomic E-state index is 0.0589. The van der Waals surface area contributed by atoms with E-state index in [-0.39, 0.29) is 5.41 Å². The van der Waals surface area contributed by atoms with Gasteiger partial charge in [0.1, 0.15) is 0 Å². The largest absolute Gasteiger partial charge is 0.309 e. The summed E-state index contributed by atoms with van der Waals surface area (Å²) in [7, 11) is 0. The van der Waals surface area contributed by atoms with Crippen LogP contribution in [0.2, 0.25) is 0 Å². The van der Waals surface area contributed by atoms with Crippen molar-refractivity contribution < 1.29 is 0 Å². The second-order valence-corrected chi connectivity index (χ2v) is 16.1. The van der Waals surface area contributed by atoms with Gasteiger partial charge in [-0.2, -0.15) is 0 Å². The fraction of sp³-hybridized carbons (Fsp3) is 0.0545. The van der Waals surface area contributed by atoms with Crippen molar-refractivity contribution in [2.24, 2.45) is 0 Å². The minimum atomic E-state index is -0.0589.